The van der Waals surface area contributed by atoms with E-state index in [0.29, 0.717) is 13.2 Å². The van der Waals surface area contributed by atoms with Crippen molar-refractivity contribution in [3.8, 4) is 5.69 Å². The first-order valence-electron chi connectivity index (χ1n) is 8.52. The maximum absolute atomic E-state index is 6.10. The molecule has 1 aromatic heterocycles. The Morgan fingerprint density at radius 1 is 1.00 bits per heavy atom. The second-order valence-corrected chi connectivity index (χ2v) is 7.35. The molecule has 1 fully saturated rings. The Morgan fingerprint density at radius 2 is 1.81 bits per heavy atom. The van der Waals surface area contributed by atoms with Crippen LogP contribution >= 0.6 is 23.4 Å². The van der Waals surface area contributed by atoms with Crippen LogP contribution in [0.2, 0.25) is 5.02 Å². The van der Waals surface area contributed by atoms with Gasteiger partial charge in [-0.15, -0.1) is 10.2 Å². The van der Waals surface area contributed by atoms with Crippen LogP contribution in [-0.4, -0.2) is 41.1 Å². The fraction of sp³-hybridized carbons (Fsp3) is 0.263. The van der Waals surface area contributed by atoms with Crippen molar-refractivity contribution >= 4 is 29.3 Å². The predicted octanol–water partition coefficient (Wildman–Crippen LogP) is 4.05. The monoisotopic (exact) mass is 386 g/mol. The third-order valence-electron chi connectivity index (χ3n) is 4.18. The number of hydrogen-bond donors (Lipinski definition) is 0. The number of ether oxygens (including phenoxy) is 1. The van der Waals surface area contributed by atoms with E-state index in [1.54, 1.807) is 11.8 Å². The van der Waals surface area contributed by atoms with Gasteiger partial charge in [-0.2, -0.15) is 0 Å². The molecule has 0 spiro atoms. The van der Waals surface area contributed by atoms with Gasteiger partial charge in [-0.1, -0.05) is 53.7 Å². The Labute approximate surface area is 161 Å². The van der Waals surface area contributed by atoms with Crippen molar-refractivity contribution in [2.45, 2.75) is 10.9 Å². The van der Waals surface area contributed by atoms with E-state index in [-0.39, 0.29) is 0 Å². The quantitative estimate of drug-likeness (QED) is 0.619. The second-order valence-electron chi connectivity index (χ2n) is 5.97. The zero-order valence-corrected chi connectivity index (χ0v) is 15.8. The number of para-hydroxylation sites is 1. The van der Waals surface area contributed by atoms with E-state index in [1.807, 2.05) is 36.4 Å². The molecule has 0 N–H and O–H groups in total. The summed E-state index contributed by atoms with van der Waals surface area (Å²) < 4.78 is 7.60. The van der Waals surface area contributed by atoms with E-state index < -0.39 is 0 Å². The molecule has 0 amide bonds. The lowest BCUT2D eigenvalue weighted by Crippen LogP contribution is -2.37. The number of thioether (sulfide) groups is 1. The highest BCUT2D eigenvalue weighted by Gasteiger charge is 2.21. The first-order chi connectivity index (χ1) is 12.8. The number of rotatable bonds is 5. The zero-order valence-electron chi connectivity index (χ0n) is 14.2. The average Bonchev–Trinajstić information content (AvgIpc) is 3.12. The smallest absolute Gasteiger partial charge is 0.232 e. The fourth-order valence-corrected chi connectivity index (χ4v) is 4.00. The van der Waals surface area contributed by atoms with Crippen molar-refractivity contribution in [1.82, 2.24) is 14.8 Å². The van der Waals surface area contributed by atoms with Crippen LogP contribution in [0.5, 0.6) is 0 Å². The van der Waals surface area contributed by atoms with Crippen molar-refractivity contribution in [1.29, 1.82) is 0 Å². The molecule has 1 aliphatic rings. The Kier molecular flexibility index (Phi) is 5.43. The van der Waals surface area contributed by atoms with Gasteiger partial charge in [0.2, 0.25) is 5.95 Å². The van der Waals surface area contributed by atoms with Crippen LogP contribution in [0.25, 0.3) is 5.69 Å². The molecule has 0 bridgehead atoms. The van der Waals surface area contributed by atoms with Gasteiger partial charge in [0.05, 0.1) is 18.9 Å². The van der Waals surface area contributed by atoms with Gasteiger partial charge in [-0.05, 0) is 29.8 Å². The Balaban J connectivity index is 1.64. The number of nitrogens with zero attached hydrogens (tertiary/aromatic N) is 4. The van der Waals surface area contributed by atoms with E-state index in [9.17, 15) is 0 Å². The van der Waals surface area contributed by atoms with Crippen LogP contribution in [0.3, 0.4) is 0 Å². The number of aromatic nitrogens is 3. The lowest BCUT2D eigenvalue weighted by Gasteiger charge is -2.27. The molecule has 2 aromatic carbocycles. The average molecular weight is 387 g/mol. The number of anilines is 1. The first kappa shape index (κ1) is 17.4. The van der Waals surface area contributed by atoms with Gasteiger partial charge in [0.25, 0.3) is 0 Å². The zero-order chi connectivity index (χ0) is 17.8. The summed E-state index contributed by atoms with van der Waals surface area (Å²) in [5, 5.41) is 10.6. The highest BCUT2D eigenvalue weighted by molar-refractivity contribution is 7.98. The molecular weight excluding hydrogens is 368 g/mol. The molecule has 1 aliphatic heterocycles. The van der Waals surface area contributed by atoms with Gasteiger partial charge in [-0.3, -0.25) is 4.57 Å². The SMILES string of the molecule is Clc1cccc(CSc2nnc(N3CCOCC3)n2-c2ccccc2)c1. The van der Waals surface area contributed by atoms with Crippen LogP contribution in [0, 0.1) is 0 Å². The van der Waals surface area contributed by atoms with E-state index in [2.05, 4.69) is 37.9 Å². The van der Waals surface area contributed by atoms with Crippen molar-refractivity contribution in [3.63, 3.8) is 0 Å². The van der Waals surface area contributed by atoms with Crippen molar-refractivity contribution in [3.05, 3.63) is 65.2 Å². The molecule has 0 unspecified atom stereocenters. The summed E-state index contributed by atoms with van der Waals surface area (Å²) in [4.78, 5) is 2.23. The minimum atomic E-state index is 0.715. The molecule has 0 aliphatic carbocycles. The van der Waals surface area contributed by atoms with Gasteiger partial charge in [0, 0.05) is 23.9 Å². The lowest BCUT2D eigenvalue weighted by molar-refractivity contribution is 0.122. The first-order valence-corrected chi connectivity index (χ1v) is 9.88. The summed E-state index contributed by atoms with van der Waals surface area (Å²) in [6, 6.07) is 18.2. The topological polar surface area (TPSA) is 43.2 Å². The van der Waals surface area contributed by atoms with Crippen LogP contribution < -0.4 is 4.90 Å². The van der Waals surface area contributed by atoms with Gasteiger partial charge in [-0.25, -0.2) is 0 Å². The van der Waals surface area contributed by atoms with Crippen molar-refractivity contribution < 1.29 is 4.74 Å². The van der Waals surface area contributed by atoms with Gasteiger partial charge >= 0.3 is 0 Å². The normalized spacial score (nSPS) is 14.6. The fourth-order valence-electron chi connectivity index (χ4n) is 2.90. The van der Waals surface area contributed by atoms with Gasteiger partial charge in [0.15, 0.2) is 5.16 Å². The van der Waals surface area contributed by atoms with Crippen LogP contribution in [0.1, 0.15) is 5.56 Å². The summed E-state index contributed by atoms with van der Waals surface area (Å²) in [7, 11) is 0. The van der Waals surface area contributed by atoms with E-state index >= 15 is 0 Å². The molecule has 0 radical (unpaired) electrons. The molecule has 4 rings (SSSR count). The van der Waals surface area contributed by atoms with E-state index in [1.165, 1.54) is 0 Å². The standard InChI is InChI=1S/C19H19ClN4OS/c20-16-6-4-5-15(13-16)14-26-19-22-21-18(23-9-11-25-12-10-23)24(19)17-7-2-1-3-8-17/h1-8,13H,9-12,14H2. The molecule has 26 heavy (non-hydrogen) atoms. The summed E-state index contributed by atoms with van der Waals surface area (Å²) in [5.41, 5.74) is 2.23. The predicted molar refractivity (Wildman–Crippen MR) is 105 cm³/mol. The largest absolute Gasteiger partial charge is 0.378 e. The Morgan fingerprint density at radius 3 is 2.58 bits per heavy atom. The number of hydrogen-bond acceptors (Lipinski definition) is 5. The van der Waals surface area contributed by atoms with Crippen LogP contribution in [0.15, 0.2) is 59.8 Å². The van der Waals surface area contributed by atoms with Crippen molar-refractivity contribution in [2.24, 2.45) is 0 Å². The number of halogens is 1. The molecule has 2 heterocycles. The molecule has 1 saturated heterocycles. The Bertz CT molecular complexity index is 865. The highest BCUT2D eigenvalue weighted by atomic mass is 35.5. The van der Waals surface area contributed by atoms with Crippen LogP contribution in [-0.2, 0) is 10.5 Å². The summed E-state index contributed by atoms with van der Waals surface area (Å²) in [6.07, 6.45) is 0. The van der Waals surface area contributed by atoms with Crippen LogP contribution in [0.4, 0.5) is 5.95 Å². The number of benzene rings is 2. The molecule has 5 nitrogen and oxygen atoms in total. The minimum Gasteiger partial charge on any atom is -0.378 e. The third-order valence-corrected chi connectivity index (χ3v) is 5.42. The lowest BCUT2D eigenvalue weighted by atomic mass is 10.2. The van der Waals surface area contributed by atoms with E-state index in [0.717, 1.165) is 46.2 Å². The minimum absolute atomic E-state index is 0.715. The highest BCUT2D eigenvalue weighted by Crippen LogP contribution is 2.29. The second kappa shape index (κ2) is 8.12. The molecule has 0 atom stereocenters. The summed E-state index contributed by atoms with van der Waals surface area (Å²) in [5.74, 6) is 1.65. The van der Waals surface area contributed by atoms with Gasteiger partial charge < -0.3 is 9.64 Å². The number of morpholine rings is 1. The summed E-state index contributed by atoms with van der Waals surface area (Å²) >= 11 is 7.76. The maximum atomic E-state index is 6.10. The maximum Gasteiger partial charge on any atom is 0.232 e. The molecule has 0 saturated carbocycles. The summed E-state index contributed by atoms with van der Waals surface area (Å²) in [6.45, 7) is 3.08. The van der Waals surface area contributed by atoms with E-state index in [4.69, 9.17) is 16.3 Å². The van der Waals surface area contributed by atoms with Gasteiger partial charge in [0.1, 0.15) is 0 Å². The third kappa shape index (κ3) is 3.87. The Hall–Kier alpha value is -2.02. The van der Waals surface area contributed by atoms with Crippen molar-refractivity contribution in [2.75, 3.05) is 31.2 Å². The molecular formula is C19H19ClN4OS. The molecule has 7 heteroatoms. The molecule has 134 valence electrons. The molecule has 3 aromatic rings.